The number of nitrogens with zero attached hydrogens (tertiary/aromatic N) is 1. The van der Waals surface area contributed by atoms with Crippen LogP contribution in [0.1, 0.15) is 43.0 Å². The van der Waals surface area contributed by atoms with Crippen molar-refractivity contribution in [1.29, 1.82) is 0 Å². The standard InChI is InChI=1S/C15H21N3O2S/c1-5-10(2)13-6-8-14(9-7-13)21(19,20)18-15-11(3)12(4)16-17-15/h6-10H,5H2,1-4H3,(H2,16,17,18). The van der Waals surface area contributed by atoms with Gasteiger partial charge in [0, 0.05) is 11.3 Å². The number of anilines is 1. The van der Waals surface area contributed by atoms with Crippen molar-refractivity contribution in [2.45, 2.75) is 44.9 Å². The van der Waals surface area contributed by atoms with E-state index in [0.717, 1.165) is 23.2 Å². The molecule has 2 N–H and O–H groups in total. The van der Waals surface area contributed by atoms with E-state index >= 15 is 0 Å². The molecule has 0 aliphatic heterocycles. The molecule has 0 saturated carbocycles. The van der Waals surface area contributed by atoms with Crippen molar-refractivity contribution in [2.75, 3.05) is 4.72 Å². The van der Waals surface area contributed by atoms with Crippen LogP contribution in [0.5, 0.6) is 0 Å². The Morgan fingerprint density at radius 2 is 1.86 bits per heavy atom. The number of hydrogen-bond donors (Lipinski definition) is 2. The van der Waals surface area contributed by atoms with Crippen molar-refractivity contribution >= 4 is 15.8 Å². The monoisotopic (exact) mass is 307 g/mol. The number of aromatic nitrogens is 2. The molecule has 114 valence electrons. The summed E-state index contributed by atoms with van der Waals surface area (Å²) in [5.74, 6) is 0.768. The van der Waals surface area contributed by atoms with Crippen molar-refractivity contribution in [3.05, 3.63) is 41.1 Å². The molecule has 1 aromatic heterocycles. The second kappa shape index (κ2) is 5.89. The third-order valence-corrected chi connectivity index (χ3v) is 5.21. The zero-order valence-corrected chi connectivity index (χ0v) is 13.6. The summed E-state index contributed by atoms with van der Waals surface area (Å²) in [5, 5.41) is 6.74. The summed E-state index contributed by atoms with van der Waals surface area (Å²) >= 11 is 0. The molecule has 1 atom stereocenters. The van der Waals surface area contributed by atoms with Gasteiger partial charge in [0.25, 0.3) is 10.0 Å². The molecular weight excluding hydrogens is 286 g/mol. The molecule has 0 amide bonds. The van der Waals surface area contributed by atoms with Gasteiger partial charge in [-0.2, -0.15) is 5.10 Å². The largest absolute Gasteiger partial charge is 0.280 e. The fraction of sp³-hybridized carbons (Fsp3) is 0.400. The Kier molecular flexibility index (Phi) is 4.37. The van der Waals surface area contributed by atoms with Crippen molar-refractivity contribution in [2.24, 2.45) is 0 Å². The van der Waals surface area contributed by atoms with E-state index in [4.69, 9.17) is 0 Å². The van der Waals surface area contributed by atoms with Crippen molar-refractivity contribution < 1.29 is 8.42 Å². The summed E-state index contributed by atoms with van der Waals surface area (Å²) in [5.41, 5.74) is 2.79. The lowest BCUT2D eigenvalue weighted by Crippen LogP contribution is -2.14. The fourth-order valence-electron chi connectivity index (χ4n) is 1.98. The van der Waals surface area contributed by atoms with Gasteiger partial charge in [0.15, 0.2) is 5.82 Å². The minimum Gasteiger partial charge on any atom is -0.280 e. The summed E-state index contributed by atoms with van der Waals surface area (Å²) in [6.45, 7) is 7.90. The Morgan fingerprint density at radius 1 is 1.24 bits per heavy atom. The van der Waals surface area contributed by atoms with E-state index in [1.807, 2.05) is 26.0 Å². The minimum atomic E-state index is -3.60. The van der Waals surface area contributed by atoms with Crippen LogP contribution >= 0.6 is 0 Å². The van der Waals surface area contributed by atoms with Crippen LogP contribution < -0.4 is 4.72 Å². The normalized spacial score (nSPS) is 13.1. The Bertz CT molecular complexity index is 718. The molecule has 5 nitrogen and oxygen atoms in total. The van der Waals surface area contributed by atoms with Crippen LogP contribution in [0, 0.1) is 13.8 Å². The molecule has 1 aromatic carbocycles. The molecule has 0 fully saturated rings. The van der Waals surface area contributed by atoms with Crippen LogP contribution in [0.3, 0.4) is 0 Å². The average Bonchev–Trinajstić information content (AvgIpc) is 2.78. The number of rotatable bonds is 5. The highest BCUT2D eigenvalue weighted by Gasteiger charge is 2.18. The van der Waals surface area contributed by atoms with E-state index in [1.165, 1.54) is 0 Å². The molecule has 1 unspecified atom stereocenters. The summed E-state index contributed by atoms with van der Waals surface area (Å²) in [6, 6.07) is 7.01. The molecule has 0 radical (unpaired) electrons. The maximum atomic E-state index is 12.3. The molecule has 0 aliphatic rings. The Morgan fingerprint density at radius 3 is 2.33 bits per heavy atom. The maximum Gasteiger partial charge on any atom is 0.263 e. The van der Waals surface area contributed by atoms with Gasteiger partial charge >= 0.3 is 0 Å². The highest BCUT2D eigenvalue weighted by molar-refractivity contribution is 7.92. The Hall–Kier alpha value is -1.82. The van der Waals surface area contributed by atoms with Crippen LogP contribution in [-0.2, 0) is 10.0 Å². The molecule has 0 spiro atoms. The van der Waals surface area contributed by atoms with Crippen LogP contribution in [-0.4, -0.2) is 18.6 Å². The van der Waals surface area contributed by atoms with Gasteiger partial charge in [-0.1, -0.05) is 26.0 Å². The zero-order valence-electron chi connectivity index (χ0n) is 12.8. The van der Waals surface area contributed by atoms with Gasteiger partial charge in [-0.15, -0.1) is 0 Å². The quantitative estimate of drug-likeness (QED) is 0.889. The highest BCUT2D eigenvalue weighted by atomic mass is 32.2. The lowest BCUT2D eigenvalue weighted by Gasteiger charge is -2.10. The molecule has 0 aliphatic carbocycles. The molecule has 0 bridgehead atoms. The zero-order chi connectivity index (χ0) is 15.6. The second-order valence-electron chi connectivity index (χ2n) is 5.31. The van der Waals surface area contributed by atoms with Gasteiger partial charge in [0.1, 0.15) is 0 Å². The second-order valence-corrected chi connectivity index (χ2v) is 6.99. The smallest absolute Gasteiger partial charge is 0.263 e. The lowest BCUT2D eigenvalue weighted by atomic mass is 9.99. The van der Waals surface area contributed by atoms with Gasteiger partial charge in [-0.25, -0.2) is 8.42 Å². The first-order valence-corrected chi connectivity index (χ1v) is 8.47. The van der Waals surface area contributed by atoms with E-state index < -0.39 is 10.0 Å². The number of benzene rings is 1. The topological polar surface area (TPSA) is 74.8 Å². The van der Waals surface area contributed by atoms with Gasteiger partial charge in [-0.3, -0.25) is 9.82 Å². The third kappa shape index (κ3) is 3.26. The van der Waals surface area contributed by atoms with Crippen LogP contribution in [0.25, 0.3) is 0 Å². The van der Waals surface area contributed by atoms with E-state index in [-0.39, 0.29) is 4.90 Å². The fourth-order valence-corrected chi connectivity index (χ4v) is 3.05. The number of aromatic amines is 1. The predicted molar refractivity (Wildman–Crippen MR) is 84.0 cm³/mol. The van der Waals surface area contributed by atoms with Gasteiger partial charge in [-0.05, 0) is 43.9 Å². The summed E-state index contributed by atoms with van der Waals surface area (Å²) in [6.07, 6.45) is 1.02. The molecule has 21 heavy (non-hydrogen) atoms. The lowest BCUT2D eigenvalue weighted by molar-refractivity contribution is 0.601. The van der Waals surface area contributed by atoms with Crippen molar-refractivity contribution in [3.63, 3.8) is 0 Å². The summed E-state index contributed by atoms with van der Waals surface area (Å²) < 4.78 is 27.2. The first-order valence-electron chi connectivity index (χ1n) is 6.99. The molecule has 1 heterocycles. The number of hydrogen-bond acceptors (Lipinski definition) is 3. The Balaban J connectivity index is 2.25. The van der Waals surface area contributed by atoms with Crippen LogP contribution in [0.15, 0.2) is 29.2 Å². The number of H-pyrrole nitrogens is 1. The van der Waals surface area contributed by atoms with Crippen LogP contribution in [0.2, 0.25) is 0 Å². The first-order chi connectivity index (χ1) is 9.85. The summed E-state index contributed by atoms with van der Waals surface area (Å²) in [4.78, 5) is 0.245. The minimum absolute atomic E-state index is 0.245. The predicted octanol–water partition coefficient (Wildman–Crippen LogP) is 3.34. The molecular formula is C15H21N3O2S. The third-order valence-electron chi connectivity index (χ3n) is 3.86. The SMILES string of the molecule is CCC(C)c1ccc(S(=O)(=O)Nc2n[nH]c(C)c2C)cc1. The molecule has 2 aromatic rings. The van der Waals surface area contributed by atoms with Gasteiger partial charge < -0.3 is 0 Å². The van der Waals surface area contributed by atoms with E-state index in [1.54, 1.807) is 12.1 Å². The van der Waals surface area contributed by atoms with E-state index in [2.05, 4.69) is 28.8 Å². The number of aryl methyl sites for hydroxylation is 1. The number of sulfonamides is 1. The van der Waals surface area contributed by atoms with Crippen molar-refractivity contribution in [3.8, 4) is 0 Å². The summed E-state index contributed by atoms with van der Waals surface area (Å²) in [7, 11) is -3.60. The molecule has 6 heteroatoms. The van der Waals surface area contributed by atoms with E-state index in [0.29, 0.717) is 11.7 Å². The molecule has 2 rings (SSSR count). The van der Waals surface area contributed by atoms with Gasteiger partial charge in [0.05, 0.1) is 4.90 Å². The number of nitrogens with one attached hydrogen (secondary N) is 2. The van der Waals surface area contributed by atoms with Gasteiger partial charge in [0.2, 0.25) is 0 Å². The molecule has 0 saturated heterocycles. The van der Waals surface area contributed by atoms with Crippen LogP contribution in [0.4, 0.5) is 5.82 Å². The Labute approximate surface area is 125 Å². The first kappa shape index (κ1) is 15.6. The van der Waals surface area contributed by atoms with E-state index in [9.17, 15) is 8.42 Å². The maximum absolute atomic E-state index is 12.3. The van der Waals surface area contributed by atoms with Crippen molar-refractivity contribution in [1.82, 2.24) is 10.2 Å². The average molecular weight is 307 g/mol. The highest BCUT2D eigenvalue weighted by Crippen LogP contribution is 2.22.